The van der Waals surface area contributed by atoms with Gasteiger partial charge in [-0.1, -0.05) is 36.0 Å². The molecule has 3 rings (SSSR count). The molecule has 1 unspecified atom stereocenters. The second-order valence-corrected chi connectivity index (χ2v) is 6.91. The Morgan fingerprint density at radius 1 is 1.38 bits per heavy atom. The van der Waals surface area contributed by atoms with Crippen molar-refractivity contribution in [1.82, 2.24) is 19.4 Å². The molecule has 1 fully saturated rings. The van der Waals surface area contributed by atoms with Gasteiger partial charge < -0.3 is 14.5 Å². The summed E-state index contributed by atoms with van der Waals surface area (Å²) in [4.78, 5) is 28.6. The zero-order valence-corrected chi connectivity index (χ0v) is 15.7. The van der Waals surface area contributed by atoms with Crippen LogP contribution in [0.1, 0.15) is 40.3 Å². The largest absolute Gasteiger partial charge is 0.496 e. The third-order valence-corrected chi connectivity index (χ3v) is 5.31. The summed E-state index contributed by atoms with van der Waals surface area (Å²) in [5, 5.41) is 4.11. The number of aryl methyl sites for hydroxylation is 1. The van der Waals surface area contributed by atoms with Crippen LogP contribution in [0.4, 0.5) is 0 Å². The molecule has 0 bridgehead atoms. The fourth-order valence-electron chi connectivity index (χ4n) is 3.25. The van der Waals surface area contributed by atoms with Gasteiger partial charge in [0.05, 0.1) is 18.8 Å². The Morgan fingerprint density at radius 2 is 2.19 bits per heavy atom. The standard InChI is InChI=1S/C18H22N4O3S/c1-3-6-14-17(26-20-19-14)18(24)22-10-9-21(12-23)11-15(22)13-7-4-5-8-16(13)25-2/h4-5,7-8,12,15H,3,6,9-11H2,1-2H3. The lowest BCUT2D eigenvalue weighted by Gasteiger charge is -2.40. The van der Waals surface area contributed by atoms with E-state index in [4.69, 9.17) is 4.74 Å². The SMILES string of the molecule is CCCc1nnsc1C(=O)N1CCN(C=O)CC1c1ccccc1OC. The highest BCUT2D eigenvalue weighted by molar-refractivity contribution is 7.08. The molecule has 0 N–H and O–H groups in total. The number of methoxy groups -OCH3 is 1. The third-order valence-electron chi connectivity index (χ3n) is 4.56. The average Bonchev–Trinajstić information content (AvgIpc) is 3.15. The van der Waals surface area contributed by atoms with Gasteiger partial charge in [-0.3, -0.25) is 9.59 Å². The van der Waals surface area contributed by atoms with Gasteiger partial charge in [0, 0.05) is 25.2 Å². The zero-order chi connectivity index (χ0) is 18.5. The van der Waals surface area contributed by atoms with Crippen LogP contribution in [-0.4, -0.2) is 58.4 Å². The molecule has 0 saturated carbocycles. The molecule has 2 aromatic rings. The van der Waals surface area contributed by atoms with Gasteiger partial charge in [0.2, 0.25) is 6.41 Å². The normalized spacial score (nSPS) is 17.2. The second-order valence-electron chi connectivity index (χ2n) is 6.16. The van der Waals surface area contributed by atoms with Gasteiger partial charge in [-0.05, 0) is 24.0 Å². The van der Waals surface area contributed by atoms with Crippen molar-refractivity contribution < 1.29 is 14.3 Å². The Bertz CT molecular complexity index is 779. The van der Waals surface area contributed by atoms with Gasteiger partial charge in [-0.2, -0.15) is 0 Å². The van der Waals surface area contributed by atoms with E-state index in [0.717, 1.165) is 42.0 Å². The van der Waals surface area contributed by atoms with Gasteiger partial charge in [0.25, 0.3) is 5.91 Å². The molecule has 7 nitrogen and oxygen atoms in total. The molecule has 8 heteroatoms. The highest BCUT2D eigenvalue weighted by Crippen LogP contribution is 2.33. The number of amides is 2. The Labute approximate surface area is 156 Å². The minimum atomic E-state index is -0.269. The molecular formula is C18H22N4O3S. The number of rotatable bonds is 6. The van der Waals surface area contributed by atoms with Crippen LogP contribution in [-0.2, 0) is 11.2 Å². The van der Waals surface area contributed by atoms with Crippen molar-refractivity contribution in [1.29, 1.82) is 0 Å². The monoisotopic (exact) mass is 374 g/mol. The first-order valence-electron chi connectivity index (χ1n) is 8.64. The van der Waals surface area contributed by atoms with Crippen LogP contribution in [0.5, 0.6) is 5.75 Å². The summed E-state index contributed by atoms with van der Waals surface area (Å²) in [6.07, 6.45) is 2.47. The van der Waals surface area contributed by atoms with Crippen LogP contribution in [0.15, 0.2) is 24.3 Å². The van der Waals surface area contributed by atoms with Crippen LogP contribution in [0, 0.1) is 0 Å². The van der Waals surface area contributed by atoms with Crippen LogP contribution in [0.25, 0.3) is 0 Å². The zero-order valence-electron chi connectivity index (χ0n) is 14.9. The van der Waals surface area contributed by atoms with Gasteiger partial charge in [-0.25, -0.2) is 0 Å². The van der Waals surface area contributed by atoms with Crippen molar-refractivity contribution in [3.63, 3.8) is 0 Å². The summed E-state index contributed by atoms with van der Waals surface area (Å²) in [5.74, 6) is 0.629. The van der Waals surface area contributed by atoms with Gasteiger partial charge in [0.1, 0.15) is 10.6 Å². The molecule has 0 spiro atoms. The first-order chi connectivity index (χ1) is 12.7. The van der Waals surface area contributed by atoms with Gasteiger partial charge in [-0.15, -0.1) is 5.10 Å². The number of nitrogens with zero attached hydrogens (tertiary/aromatic N) is 4. The second kappa shape index (κ2) is 8.27. The van der Waals surface area contributed by atoms with Gasteiger partial charge >= 0.3 is 0 Å². The maximum Gasteiger partial charge on any atom is 0.268 e. The molecule has 1 saturated heterocycles. The van der Waals surface area contributed by atoms with E-state index in [1.54, 1.807) is 12.0 Å². The Morgan fingerprint density at radius 3 is 2.92 bits per heavy atom. The van der Waals surface area contributed by atoms with Crippen LogP contribution in [0.2, 0.25) is 0 Å². The van der Waals surface area contributed by atoms with Crippen molar-refractivity contribution >= 4 is 23.8 Å². The topological polar surface area (TPSA) is 75.6 Å². The number of piperazine rings is 1. The van der Waals surface area contributed by atoms with Gasteiger partial charge in [0.15, 0.2) is 0 Å². The minimum absolute atomic E-state index is 0.0788. The highest BCUT2D eigenvalue weighted by atomic mass is 32.1. The molecule has 0 radical (unpaired) electrons. The number of aromatic nitrogens is 2. The molecule has 1 aliphatic heterocycles. The lowest BCUT2D eigenvalue weighted by atomic mass is 10.0. The summed E-state index contributed by atoms with van der Waals surface area (Å²) < 4.78 is 9.45. The number of hydrogen-bond acceptors (Lipinski definition) is 6. The quantitative estimate of drug-likeness (QED) is 0.724. The Kier molecular flexibility index (Phi) is 5.82. The van der Waals surface area contributed by atoms with Crippen LogP contribution in [0.3, 0.4) is 0 Å². The number of para-hydroxylation sites is 1. The van der Waals surface area contributed by atoms with E-state index in [-0.39, 0.29) is 11.9 Å². The summed E-state index contributed by atoms with van der Waals surface area (Å²) >= 11 is 1.14. The van der Waals surface area contributed by atoms with E-state index in [1.165, 1.54) is 0 Å². The van der Waals surface area contributed by atoms with E-state index in [9.17, 15) is 9.59 Å². The van der Waals surface area contributed by atoms with E-state index in [2.05, 4.69) is 9.59 Å². The molecule has 138 valence electrons. The molecular weight excluding hydrogens is 352 g/mol. The number of carbonyl (C=O) groups excluding carboxylic acids is 2. The van der Waals surface area contributed by atoms with Crippen molar-refractivity contribution in [2.75, 3.05) is 26.7 Å². The number of carbonyl (C=O) groups is 2. The molecule has 2 heterocycles. The van der Waals surface area contributed by atoms with E-state index in [0.29, 0.717) is 30.3 Å². The van der Waals surface area contributed by atoms with Crippen molar-refractivity contribution in [2.24, 2.45) is 0 Å². The molecule has 1 atom stereocenters. The lowest BCUT2D eigenvalue weighted by molar-refractivity contribution is -0.120. The maximum atomic E-state index is 13.2. The molecule has 26 heavy (non-hydrogen) atoms. The smallest absolute Gasteiger partial charge is 0.268 e. The van der Waals surface area contributed by atoms with Crippen molar-refractivity contribution in [3.05, 3.63) is 40.4 Å². The number of ether oxygens (including phenoxy) is 1. The summed E-state index contributed by atoms with van der Waals surface area (Å²) in [6.45, 7) is 3.46. The number of hydrogen-bond donors (Lipinski definition) is 0. The molecule has 1 aromatic carbocycles. The highest BCUT2D eigenvalue weighted by Gasteiger charge is 2.35. The average molecular weight is 374 g/mol. The van der Waals surface area contributed by atoms with Crippen molar-refractivity contribution in [2.45, 2.75) is 25.8 Å². The summed E-state index contributed by atoms with van der Waals surface area (Å²) in [6, 6.07) is 7.34. The maximum absolute atomic E-state index is 13.2. The predicted octanol–water partition coefficient (Wildman–Crippen LogP) is 2.15. The number of benzene rings is 1. The first kappa shape index (κ1) is 18.3. The van der Waals surface area contributed by atoms with E-state index in [1.807, 2.05) is 36.1 Å². The van der Waals surface area contributed by atoms with E-state index >= 15 is 0 Å². The Balaban J connectivity index is 1.96. The predicted molar refractivity (Wildman–Crippen MR) is 98.3 cm³/mol. The summed E-state index contributed by atoms with van der Waals surface area (Å²) in [7, 11) is 1.61. The van der Waals surface area contributed by atoms with Crippen molar-refractivity contribution in [3.8, 4) is 5.75 Å². The molecule has 1 aliphatic rings. The van der Waals surface area contributed by atoms with E-state index < -0.39 is 0 Å². The van der Waals surface area contributed by atoms with Crippen LogP contribution >= 0.6 is 11.5 Å². The first-order valence-corrected chi connectivity index (χ1v) is 9.41. The summed E-state index contributed by atoms with van der Waals surface area (Å²) in [5.41, 5.74) is 1.64. The Hall–Kier alpha value is -2.48. The van der Waals surface area contributed by atoms with Crippen LogP contribution < -0.4 is 4.74 Å². The lowest BCUT2D eigenvalue weighted by Crippen LogP contribution is -2.50. The molecule has 0 aliphatic carbocycles. The third kappa shape index (κ3) is 3.55. The molecule has 1 aromatic heterocycles. The minimum Gasteiger partial charge on any atom is -0.496 e. The molecule has 2 amide bonds. The fraction of sp³-hybridized carbons (Fsp3) is 0.444. The fourth-order valence-corrected chi connectivity index (χ4v) is 3.92.